The van der Waals surface area contributed by atoms with E-state index in [4.69, 9.17) is 11.6 Å². The summed E-state index contributed by atoms with van der Waals surface area (Å²) in [5, 5.41) is 5.63. The van der Waals surface area contributed by atoms with Gasteiger partial charge < -0.3 is 5.32 Å². The summed E-state index contributed by atoms with van der Waals surface area (Å²) >= 11 is 5.94. The second kappa shape index (κ2) is 5.98. The van der Waals surface area contributed by atoms with Crippen molar-refractivity contribution in [2.75, 3.05) is 0 Å². The number of rotatable bonds is 3. The van der Waals surface area contributed by atoms with E-state index in [1.807, 2.05) is 66.7 Å². The first kappa shape index (κ1) is 13.7. The summed E-state index contributed by atoms with van der Waals surface area (Å²) in [6.07, 6.45) is 0. The van der Waals surface area contributed by atoms with Crippen LogP contribution in [0.5, 0.6) is 0 Å². The molecule has 3 aromatic carbocycles. The van der Waals surface area contributed by atoms with Crippen molar-refractivity contribution in [3.05, 3.63) is 82.9 Å². The second-order valence-electron chi connectivity index (χ2n) is 4.84. The SMILES string of the molecule is O=C(NCc1cccc(Cl)c1)c1cccc2ccccc12. The Kier molecular flexibility index (Phi) is 3.89. The van der Waals surface area contributed by atoms with Gasteiger partial charge in [-0.05, 0) is 34.5 Å². The van der Waals surface area contributed by atoms with Crippen molar-refractivity contribution in [3.8, 4) is 0 Å². The molecule has 1 amide bonds. The number of fused-ring (bicyclic) bond motifs is 1. The van der Waals surface area contributed by atoms with E-state index in [2.05, 4.69) is 5.32 Å². The highest BCUT2D eigenvalue weighted by molar-refractivity contribution is 6.30. The van der Waals surface area contributed by atoms with Crippen LogP contribution < -0.4 is 5.32 Å². The van der Waals surface area contributed by atoms with Gasteiger partial charge in [-0.1, -0.05) is 60.1 Å². The van der Waals surface area contributed by atoms with Crippen LogP contribution in [0.15, 0.2) is 66.7 Å². The normalized spacial score (nSPS) is 10.5. The largest absolute Gasteiger partial charge is 0.348 e. The van der Waals surface area contributed by atoms with Crippen molar-refractivity contribution in [3.63, 3.8) is 0 Å². The quantitative estimate of drug-likeness (QED) is 0.761. The minimum Gasteiger partial charge on any atom is -0.348 e. The predicted molar refractivity (Wildman–Crippen MR) is 86.6 cm³/mol. The van der Waals surface area contributed by atoms with Gasteiger partial charge in [-0.3, -0.25) is 4.79 Å². The predicted octanol–water partition coefficient (Wildman–Crippen LogP) is 4.42. The molecule has 0 unspecified atom stereocenters. The van der Waals surface area contributed by atoms with Gasteiger partial charge in [0, 0.05) is 17.1 Å². The van der Waals surface area contributed by atoms with E-state index in [9.17, 15) is 4.79 Å². The summed E-state index contributed by atoms with van der Waals surface area (Å²) in [5.74, 6) is -0.0771. The summed E-state index contributed by atoms with van der Waals surface area (Å²) in [7, 11) is 0. The molecule has 3 rings (SSSR count). The highest BCUT2D eigenvalue weighted by atomic mass is 35.5. The molecular weight excluding hydrogens is 282 g/mol. The van der Waals surface area contributed by atoms with E-state index in [0.29, 0.717) is 17.1 Å². The molecule has 0 atom stereocenters. The lowest BCUT2D eigenvalue weighted by atomic mass is 10.0. The van der Waals surface area contributed by atoms with Gasteiger partial charge in [-0.25, -0.2) is 0 Å². The van der Waals surface area contributed by atoms with Crippen molar-refractivity contribution >= 4 is 28.3 Å². The maximum atomic E-state index is 12.4. The molecule has 3 heteroatoms. The zero-order valence-corrected chi connectivity index (χ0v) is 12.1. The molecule has 0 bridgehead atoms. The molecule has 0 fully saturated rings. The number of carbonyl (C=O) groups excluding carboxylic acids is 1. The fourth-order valence-electron chi connectivity index (χ4n) is 2.35. The second-order valence-corrected chi connectivity index (χ2v) is 5.28. The molecule has 0 aromatic heterocycles. The number of halogens is 1. The van der Waals surface area contributed by atoms with E-state index in [1.165, 1.54) is 0 Å². The van der Waals surface area contributed by atoms with Gasteiger partial charge in [0.2, 0.25) is 0 Å². The minimum absolute atomic E-state index is 0.0771. The van der Waals surface area contributed by atoms with E-state index < -0.39 is 0 Å². The van der Waals surface area contributed by atoms with Gasteiger partial charge in [0.25, 0.3) is 5.91 Å². The van der Waals surface area contributed by atoms with Crippen molar-refractivity contribution in [1.82, 2.24) is 5.32 Å². The maximum absolute atomic E-state index is 12.4. The Morgan fingerprint density at radius 3 is 2.57 bits per heavy atom. The fourth-order valence-corrected chi connectivity index (χ4v) is 2.56. The number of benzene rings is 3. The first-order valence-corrected chi connectivity index (χ1v) is 7.12. The average molecular weight is 296 g/mol. The monoisotopic (exact) mass is 295 g/mol. The van der Waals surface area contributed by atoms with Crippen LogP contribution in [-0.2, 0) is 6.54 Å². The lowest BCUT2D eigenvalue weighted by Gasteiger charge is -2.08. The Bertz CT molecular complexity index is 793. The molecule has 0 aliphatic carbocycles. The highest BCUT2D eigenvalue weighted by Crippen LogP contribution is 2.18. The summed E-state index contributed by atoms with van der Waals surface area (Å²) in [5.41, 5.74) is 1.67. The van der Waals surface area contributed by atoms with Crippen molar-refractivity contribution in [2.24, 2.45) is 0 Å². The van der Waals surface area contributed by atoms with E-state index >= 15 is 0 Å². The van der Waals surface area contributed by atoms with Crippen LogP contribution in [0.1, 0.15) is 15.9 Å². The third-order valence-electron chi connectivity index (χ3n) is 3.38. The summed E-state index contributed by atoms with van der Waals surface area (Å²) in [6, 6.07) is 21.1. The van der Waals surface area contributed by atoms with Gasteiger partial charge in [-0.2, -0.15) is 0 Å². The average Bonchev–Trinajstić information content (AvgIpc) is 2.52. The third kappa shape index (κ3) is 3.06. The molecule has 2 nitrogen and oxygen atoms in total. The van der Waals surface area contributed by atoms with E-state index in [0.717, 1.165) is 16.3 Å². The van der Waals surface area contributed by atoms with Crippen LogP contribution in [0.4, 0.5) is 0 Å². The van der Waals surface area contributed by atoms with Crippen LogP contribution in [0.2, 0.25) is 5.02 Å². The maximum Gasteiger partial charge on any atom is 0.252 e. The lowest BCUT2D eigenvalue weighted by Crippen LogP contribution is -2.22. The van der Waals surface area contributed by atoms with Crippen LogP contribution in [0.25, 0.3) is 10.8 Å². The number of nitrogens with one attached hydrogen (secondary N) is 1. The van der Waals surface area contributed by atoms with Gasteiger partial charge in [0.05, 0.1) is 0 Å². The molecular formula is C18H14ClNO. The van der Waals surface area contributed by atoms with Gasteiger partial charge in [-0.15, -0.1) is 0 Å². The molecule has 104 valence electrons. The number of amides is 1. The molecule has 21 heavy (non-hydrogen) atoms. The topological polar surface area (TPSA) is 29.1 Å². The Labute approximate surface area is 128 Å². The highest BCUT2D eigenvalue weighted by Gasteiger charge is 2.09. The summed E-state index contributed by atoms with van der Waals surface area (Å²) < 4.78 is 0. The first-order valence-electron chi connectivity index (χ1n) is 6.74. The van der Waals surface area contributed by atoms with E-state index in [-0.39, 0.29) is 5.91 Å². The fraction of sp³-hybridized carbons (Fsp3) is 0.0556. The number of hydrogen-bond acceptors (Lipinski definition) is 1. The summed E-state index contributed by atoms with van der Waals surface area (Å²) in [6.45, 7) is 0.461. The number of carbonyl (C=O) groups is 1. The smallest absolute Gasteiger partial charge is 0.252 e. The van der Waals surface area contributed by atoms with Gasteiger partial charge in [0.15, 0.2) is 0 Å². The zero-order valence-electron chi connectivity index (χ0n) is 11.3. The summed E-state index contributed by atoms with van der Waals surface area (Å²) in [4.78, 5) is 12.4. The van der Waals surface area contributed by atoms with Crippen LogP contribution >= 0.6 is 11.6 Å². The Hall–Kier alpha value is -2.32. The molecule has 0 heterocycles. The minimum atomic E-state index is -0.0771. The molecule has 0 saturated carbocycles. The Balaban J connectivity index is 1.81. The molecule has 0 aliphatic rings. The standard InChI is InChI=1S/C18H14ClNO/c19-15-8-3-5-13(11-15)12-20-18(21)17-10-4-7-14-6-1-2-9-16(14)17/h1-11H,12H2,(H,20,21). The van der Waals surface area contributed by atoms with Crippen LogP contribution in [-0.4, -0.2) is 5.91 Å². The van der Waals surface area contributed by atoms with Crippen LogP contribution in [0.3, 0.4) is 0 Å². The third-order valence-corrected chi connectivity index (χ3v) is 3.61. The first-order chi connectivity index (χ1) is 10.2. The molecule has 3 aromatic rings. The molecule has 0 radical (unpaired) electrons. The number of hydrogen-bond donors (Lipinski definition) is 1. The van der Waals surface area contributed by atoms with Gasteiger partial charge >= 0.3 is 0 Å². The molecule has 0 saturated heterocycles. The lowest BCUT2D eigenvalue weighted by molar-refractivity contribution is 0.0952. The van der Waals surface area contributed by atoms with Crippen molar-refractivity contribution in [1.29, 1.82) is 0 Å². The Morgan fingerprint density at radius 1 is 0.952 bits per heavy atom. The van der Waals surface area contributed by atoms with Crippen molar-refractivity contribution in [2.45, 2.75) is 6.54 Å². The molecule has 0 aliphatic heterocycles. The van der Waals surface area contributed by atoms with E-state index in [1.54, 1.807) is 0 Å². The van der Waals surface area contributed by atoms with Crippen molar-refractivity contribution < 1.29 is 4.79 Å². The van der Waals surface area contributed by atoms with Gasteiger partial charge in [0.1, 0.15) is 0 Å². The molecule has 0 spiro atoms. The molecule has 1 N–H and O–H groups in total. The zero-order chi connectivity index (χ0) is 14.7. The van der Waals surface area contributed by atoms with Crippen LogP contribution in [0, 0.1) is 0 Å². The Morgan fingerprint density at radius 2 is 1.71 bits per heavy atom.